The normalized spacial score (nSPS) is 23.0. The monoisotopic (exact) mass is 598 g/mol. The van der Waals surface area contributed by atoms with Crippen LogP contribution >= 0.6 is 0 Å². The summed E-state index contributed by atoms with van der Waals surface area (Å²) < 4.78 is 27.9. The van der Waals surface area contributed by atoms with Crippen molar-refractivity contribution in [1.82, 2.24) is 5.32 Å². The van der Waals surface area contributed by atoms with Gasteiger partial charge in [-0.2, -0.15) is 0 Å². The minimum atomic E-state index is -2.59. The molecule has 1 N–H and O–H groups in total. The van der Waals surface area contributed by atoms with Gasteiger partial charge in [-0.05, 0) is 63.4 Å². The van der Waals surface area contributed by atoms with Gasteiger partial charge >= 0.3 is 6.09 Å². The highest BCUT2D eigenvalue weighted by Gasteiger charge is 2.56. The van der Waals surface area contributed by atoms with E-state index in [0.717, 1.165) is 12.0 Å². The Labute approximate surface area is 254 Å². The van der Waals surface area contributed by atoms with E-state index in [0.29, 0.717) is 35.6 Å². The van der Waals surface area contributed by atoms with Gasteiger partial charge in [-0.1, -0.05) is 87.5 Å². The largest absolute Gasteiger partial charge is 0.442 e. The van der Waals surface area contributed by atoms with Crippen LogP contribution in [0.1, 0.15) is 39.7 Å². The summed E-state index contributed by atoms with van der Waals surface area (Å²) in [6.07, 6.45) is 2.05. The molecule has 1 saturated heterocycles. The molecule has 2 fully saturated rings. The van der Waals surface area contributed by atoms with Crippen LogP contribution in [0.3, 0.4) is 0 Å². The Morgan fingerprint density at radius 3 is 2.23 bits per heavy atom. The number of carbonyl (C=O) groups excluding carboxylic acids is 2. The molecule has 43 heavy (non-hydrogen) atoms. The van der Waals surface area contributed by atoms with Crippen molar-refractivity contribution in [2.75, 3.05) is 24.6 Å². The zero-order valence-corrected chi connectivity index (χ0v) is 26.2. The number of rotatable bonds is 9. The second-order valence-corrected chi connectivity index (χ2v) is 17.3. The molecule has 1 aliphatic heterocycles. The van der Waals surface area contributed by atoms with Gasteiger partial charge in [0.1, 0.15) is 11.9 Å². The van der Waals surface area contributed by atoms with Crippen LogP contribution in [0.4, 0.5) is 14.9 Å². The molecular weight excluding hydrogens is 559 g/mol. The lowest BCUT2D eigenvalue weighted by atomic mass is 10.00. The van der Waals surface area contributed by atoms with E-state index < -0.39 is 20.5 Å². The Balaban J connectivity index is 1.16. The van der Waals surface area contributed by atoms with Crippen molar-refractivity contribution < 1.29 is 23.1 Å². The molecule has 3 aromatic carbocycles. The standard InChI is InChI=1S/C35H39FN2O4Si/c1-23(39)37-20-26-21-38(34(40)42-26)25-15-16-29(33(36)19-25)24-17-30-31(18-24)32(30)22-41-43(35(2,3)4,27-11-7-5-8-12-27)28-13-9-6-10-14-28/h5-17,19,26,30-32H,18,20-22H2,1-4H3,(H,37,39)/t26-,30+,31-,32-/m0/s1. The molecule has 1 heterocycles. The minimum absolute atomic E-state index is 0.0721. The van der Waals surface area contributed by atoms with Crippen LogP contribution in [0, 0.1) is 23.6 Å². The van der Waals surface area contributed by atoms with E-state index in [2.05, 4.69) is 92.8 Å². The number of hydrogen-bond donors (Lipinski definition) is 1. The number of halogens is 1. The predicted octanol–water partition coefficient (Wildman–Crippen LogP) is 5.51. The molecule has 6 nitrogen and oxygen atoms in total. The van der Waals surface area contributed by atoms with E-state index >= 15 is 4.39 Å². The van der Waals surface area contributed by atoms with Gasteiger partial charge in [0.15, 0.2) is 0 Å². The number of allylic oxidation sites excluding steroid dienone is 2. The molecule has 1 saturated carbocycles. The first-order valence-corrected chi connectivity index (χ1v) is 17.0. The Bertz CT molecular complexity index is 1500. The first-order chi connectivity index (χ1) is 20.6. The fraction of sp³-hybridized carbons (Fsp3) is 0.371. The van der Waals surface area contributed by atoms with Crippen molar-refractivity contribution in [2.45, 2.75) is 45.3 Å². The van der Waals surface area contributed by atoms with E-state index in [4.69, 9.17) is 9.16 Å². The molecule has 6 rings (SSSR count). The molecule has 8 heteroatoms. The molecule has 0 unspecified atom stereocenters. The Morgan fingerprint density at radius 1 is 1.05 bits per heavy atom. The van der Waals surface area contributed by atoms with Crippen LogP contribution < -0.4 is 20.6 Å². The van der Waals surface area contributed by atoms with E-state index in [1.165, 1.54) is 28.3 Å². The molecule has 2 aliphatic carbocycles. The van der Waals surface area contributed by atoms with Crippen molar-refractivity contribution in [2.24, 2.45) is 17.8 Å². The number of amides is 2. The van der Waals surface area contributed by atoms with Crippen molar-refractivity contribution >= 4 is 42.0 Å². The van der Waals surface area contributed by atoms with Gasteiger partial charge in [0.05, 0.1) is 18.8 Å². The highest BCUT2D eigenvalue weighted by molar-refractivity contribution is 6.99. The lowest BCUT2D eigenvalue weighted by Crippen LogP contribution is -2.66. The predicted molar refractivity (Wildman–Crippen MR) is 169 cm³/mol. The molecule has 0 aromatic heterocycles. The molecule has 0 bridgehead atoms. The summed E-state index contributed by atoms with van der Waals surface area (Å²) in [4.78, 5) is 25.0. The SMILES string of the molecule is CC(=O)NC[C@H]1CN(c2ccc(C3=C[C@H]4[C@H](CO[Si](c5ccccc5)(c5ccccc5)C(C)(C)C)[C@H]4C3)c(F)c2)C(=O)O1. The molecular formula is C35H39FN2O4Si. The number of hydrogen-bond acceptors (Lipinski definition) is 4. The van der Waals surface area contributed by atoms with Crippen LogP contribution in [0.2, 0.25) is 5.04 Å². The number of benzene rings is 3. The quantitative estimate of drug-likeness (QED) is 0.330. The lowest BCUT2D eigenvalue weighted by molar-refractivity contribution is -0.119. The summed E-state index contributed by atoms with van der Waals surface area (Å²) >= 11 is 0. The number of cyclic esters (lactones) is 1. The van der Waals surface area contributed by atoms with Crippen molar-refractivity contribution in [3.63, 3.8) is 0 Å². The highest BCUT2D eigenvalue weighted by atomic mass is 28.4. The molecule has 3 aromatic rings. The number of anilines is 1. The van der Waals surface area contributed by atoms with E-state index in [1.807, 2.05) is 0 Å². The topological polar surface area (TPSA) is 67.9 Å². The maximum atomic E-state index is 15.4. The average Bonchev–Trinajstić information content (AvgIpc) is 3.27. The summed E-state index contributed by atoms with van der Waals surface area (Å²) in [6.45, 7) is 9.47. The summed E-state index contributed by atoms with van der Waals surface area (Å²) in [5.74, 6) is 0.728. The van der Waals surface area contributed by atoms with E-state index in [9.17, 15) is 9.59 Å². The van der Waals surface area contributed by atoms with Gasteiger partial charge in [0, 0.05) is 19.1 Å². The second kappa shape index (κ2) is 11.4. The molecule has 0 spiro atoms. The Kier molecular flexibility index (Phi) is 7.77. The zero-order chi connectivity index (χ0) is 30.4. The third-order valence-corrected chi connectivity index (χ3v) is 14.2. The van der Waals surface area contributed by atoms with E-state index in [-0.39, 0.29) is 29.9 Å². The van der Waals surface area contributed by atoms with Crippen molar-refractivity contribution in [1.29, 1.82) is 0 Å². The fourth-order valence-electron chi connectivity index (χ4n) is 7.01. The summed E-state index contributed by atoms with van der Waals surface area (Å²) in [5.41, 5.74) is 2.06. The van der Waals surface area contributed by atoms with Crippen LogP contribution in [-0.2, 0) is 14.0 Å². The van der Waals surface area contributed by atoms with Crippen LogP contribution in [0.5, 0.6) is 0 Å². The van der Waals surface area contributed by atoms with Crippen LogP contribution in [0.25, 0.3) is 5.57 Å². The third kappa shape index (κ3) is 5.54. The summed E-state index contributed by atoms with van der Waals surface area (Å²) in [6, 6.07) is 26.3. The molecule has 2 amide bonds. The summed E-state index contributed by atoms with van der Waals surface area (Å²) in [7, 11) is -2.59. The third-order valence-electron chi connectivity index (χ3n) is 9.22. The van der Waals surface area contributed by atoms with Gasteiger partial charge in [0.2, 0.25) is 5.91 Å². The molecule has 3 aliphatic rings. The minimum Gasteiger partial charge on any atom is -0.442 e. The molecule has 224 valence electrons. The van der Waals surface area contributed by atoms with Gasteiger partial charge < -0.3 is 14.5 Å². The molecule has 0 radical (unpaired) electrons. The van der Waals surface area contributed by atoms with Gasteiger partial charge in [-0.15, -0.1) is 0 Å². The summed E-state index contributed by atoms with van der Waals surface area (Å²) in [5, 5.41) is 5.14. The van der Waals surface area contributed by atoms with Gasteiger partial charge in [-0.25, -0.2) is 9.18 Å². The number of fused-ring (bicyclic) bond motifs is 1. The second-order valence-electron chi connectivity index (χ2n) is 13.0. The Morgan fingerprint density at radius 2 is 1.70 bits per heavy atom. The average molecular weight is 599 g/mol. The first-order valence-electron chi connectivity index (χ1n) is 15.1. The number of nitrogens with one attached hydrogen (secondary N) is 1. The van der Waals surface area contributed by atoms with Gasteiger partial charge in [-0.3, -0.25) is 9.69 Å². The number of ether oxygens (including phenoxy) is 1. The molecule has 4 atom stereocenters. The fourth-order valence-corrected chi connectivity index (χ4v) is 11.6. The van der Waals surface area contributed by atoms with Crippen molar-refractivity contribution in [3.8, 4) is 0 Å². The lowest BCUT2D eigenvalue weighted by Gasteiger charge is -2.43. The maximum Gasteiger partial charge on any atom is 0.414 e. The van der Waals surface area contributed by atoms with Crippen LogP contribution in [0.15, 0.2) is 84.9 Å². The number of nitrogens with zero attached hydrogens (tertiary/aromatic N) is 1. The first kappa shape index (κ1) is 29.3. The number of carbonyl (C=O) groups is 2. The highest BCUT2D eigenvalue weighted by Crippen LogP contribution is 2.58. The maximum absolute atomic E-state index is 15.4. The van der Waals surface area contributed by atoms with E-state index in [1.54, 1.807) is 12.1 Å². The van der Waals surface area contributed by atoms with Crippen LogP contribution in [-0.4, -0.2) is 46.1 Å². The smallest absolute Gasteiger partial charge is 0.414 e. The zero-order valence-electron chi connectivity index (χ0n) is 25.2. The Hall–Kier alpha value is -3.75. The van der Waals surface area contributed by atoms with Gasteiger partial charge in [0.25, 0.3) is 8.32 Å². The van der Waals surface area contributed by atoms with Crippen molar-refractivity contribution in [3.05, 3.63) is 96.3 Å².